The van der Waals surface area contributed by atoms with Gasteiger partial charge in [-0.1, -0.05) is 56.1 Å². The van der Waals surface area contributed by atoms with Crippen molar-refractivity contribution in [3.63, 3.8) is 0 Å². The number of anilines is 1. The Morgan fingerprint density at radius 3 is 2.34 bits per heavy atom. The van der Waals surface area contributed by atoms with Crippen LogP contribution in [0.25, 0.3) is 6.08 Å². The van der Waals surface area contributed by atoms with Crippen LogP contribution in [0.5, 0.6) is 5.75 Å². The molecule has 4 amide bonds. The van der Waals surface area contributed by atoms with Crippen LogP contribution in [0.3, 0.4) is 0 Å². The zero-order valence-electron chi connectivity index (χ0n) is 16.5. The summed E-state index contributed by atoms with van der Waals surface area (Å²) in [6, 6.07) is 18.2. The van der Waals surface area contributed by atoms with Crippen LogP contribution in [0, 0.1) is 0 Å². The third-order valence-corrected chi connectivity index (χ3v) is 6.22. The van der Waals surface area contributed by atoms with Gasteiger partial charge in [0.1, 0.15) is 11.3 Å². The van der Waals surface area contributed by atoms with E-state index in [1.807, 2.05) is 42.5 Å². The van der Waals surface area contributed by atoms with Crippen molar-refractivity contribution >= 4 is 61.5 Å². The summed E-state index contributed by atoms with van der Waals surface area (Å²) in [6.07, 6.45) is 2.07. The molecule has 1 fully saturated rings. The summed E-state index contributed by atoms with van der Waals surface area (Å²) in [6.45, 7) is 0. The predicted molar refractivity (Wildman–Crippen MR) is 128 cm³/mol. The van der Waals surface area contributed by atoms with Crippen LogP contribution in [0.1, 0.15) is 16.7 Å². The lowest BCUT2D eigenvalue weighted by Crippen LogP contribution is -2.54. The van der Waals surface area contributed by atoms with Gasteiger partial charge in [-0.25, -0.2) is 9.69 Å². The van der Waals surface area contributed by atoms with Gasteiger partial charge in [-0.15, -0.1) is 0 Å². The summed E-state index contributed by atoms with van der Waals surface area (Å²) >= 11 is 6.99. The van der Waals surface area contributed by atoms with Crippen LogP contribution in [0.15, 0.2) is 81.2 Å². The molecule has 4 rings (SSSR count). The molecule has 1 heterocycles. The van der Waals surface area contributed by atoms with E-state index < -0.39 is 17.8 Å². The number of halogens is 2. The number of aromatic hydroxyl groups is 1. The highest BCUT2D eigenvalue weighted by Gasteiger charge is 2.36. The Morgan fingerprint density at radius 2 is 1.62 bits per heavy atom. The Balaban J connectivity index is 1.75. The molecule has 0 spiro atoms. The van der Waals surface area contributed by atoms with Crippen LogP contribution in [0.4, 0.5) is 10.5 Å². The monoisotopic (exact) mass is 554 g/mol. The lowest BCUT2D eigenvalue weighted by Gasteiger charge is -2.26. The largest absolute Gasteiger partial charge is 0.508 e. The maximum Gasteiger partial charge on any atom is 0.335 e. The molecule has 6 nitrogen and oxygen atoms in total. The number of hydrogen-bond acceptors (Lipinski definition) is 4. The summed E-state index contributed by atoms with van der Waals surface area (Å²) in [5, 5.41) is 11.7. The Kier molecular flexibility index (Phi) is 6.25. The standard InChI is InChI=1S/C24H16Br2N2O4/c25-17-6-5-14(11-15-3-1-2-4-21(15)26)16(12-17)13-20-22(30)27-24(32)28(23(20)31)18-7-9-19(29)10-8-18/h1-10,12-13,29H,11H2,(H,27,30,32)/b20-13+. The third-order valence-electron chi connectivity index (χ3n) is 4.96. The molecule has 0 aliphatic carbocycles. The van der Waals surface area contributed by atoms with Crippen molar-refractivity contribution in [2.24, 2.45) is 0 Å². The Hall–Kier alpha value is -3.23. The SMILES string of the molecule is O=C1NC(=O)N(c2ccc(O)cc2)C(=O)/C1=C/c1cc(Br)ccc1Cc1ccccc1Br. The van der Waals surface area contributed by atoms with Gasteiger partial charge in [0, 0.05) is 8.95 Å². The van der Waals surface area contributed by atoms with Crippen LogP contribution in [0.2, 0.25) is 0 Å². The molecule has 32 heavy (non-hydrogen) atoms. The zero-order chi connectivity index (χ0) is 22.8. The molecule has 160 valence electrons. The minimum absolute atomic E-state index is 0.00342. The normalized spacial score (nSPS) is 15.2. The van der Waals surface area contributed by atoms with Gasteiger partial charge in [-0.2, -0.15) is 0 Å². The molecule has 0 bridgehead atoms. The van der Waals surface area contributed by atoms with Crippen molar-refractivity contribution in [1.29, 1.82) is 0 Å². The van der Waals surface area contributed by atoms with Crippen molar-refractivity contribution in [2.75, 3.05) is 4.90 Å². The summed E-state index contributed by atoms with van der Waals surface area (Å²) in [5.41, 5.74) is 2.71. The van der Waals surface area contributed by atoms with Gasteiger partial charge >= 0.3 is 6.03 Å². The first-order chi connectivity index (χ1) is 15.3. The minimum Gasteiger partial charge on any atom is -0.508 e. The number of imide groups is 2. The first kappa shape index (κ1) is 22.0. The minimum atomic E-state index is -0.842. The predicted octanol–water partition coefficient (Wildman–Crippen LogP) is 5.17. The number of phenolic OH excluding ortho intramolecular Hbond substituents is 1. The lowest BCUT2D eigenvalue weighted by molar-refractivity contribution is -0.122. The summed E-state index contributed by atoms with van der Waals surface area (Å²) in [5.74, 6) is -1.51. The van der Waals surface area contributed by atoms with Gasteiger partial charge in [0.2, 0.25) is 0 Å². The number of hydrogen-bond donors (Lipinski definition) is 2. The number of urea groups is 1. The van der Waals surface area contributed by atoms with Crippen LogP contribution >= 0.6 is 31.9 Å². The molecule has 3 aromatic carbocycles. The number of barbiturate groups is 1. The van der Waals surface area contributed by atoms with Gasteiger partial charge in [-0.05, 0) is 71.7 Å². The van der Waals surface area contributed by atoms with Crippen molar-refractivity contribution in [3.05, 3.63) is 97.9 Å². The Bertz CT molecular complexity index is 1270. The van der Waals surface area contributed by atoms with Gasteiger partial charge in [0.15, 0.2) is 0 Å². The smallest absolute Gasteiger partial charge is 0.335 e. The van der Waals surface area contributed by atoms with E-state index in [-0.39, 0.29) is 17.0 Å². The summed E-state index contributed by atoms with van der Waals surface area (Å²) in [7, 11) is 0. The quantitative estimate of drug-likeness (QED) is 0.343. The van der Waals surface area contributed by atoms with Crippen molar-refractivity contribution < 1.29 is 19.5 Å². The van der Waals surface area contributed by atoms with E-state index >= 15 is 0 Å². The molecule has 0 radical (unpaired) electrons. The van der Waals surface area contributed by atoms with Crippen molar-refractivity contribution in [2.45, 2.75) is 6.42 Å². The molecule has 0 aromatic heterocycles. The highest BCUT2D eigenvalue weighted by atomic mass is 79.9. The van der Waals surface area contributed by atoms with E-state index in [1.165, 1.54) is 30.3 Å². The van der Waals surface area contributed by atoms with Crippen LogP contribution in [-0.2, 0) is 16.0 Å². The van der Waals surface area contributed by atoms with Gasteiger partial charge in [0.05, 0.1) is 5.69 Å². The lowest BCUT2D eigenvalue weighted by atomic mass is 9.97. The van der Waals surface area contributed by atoms with Crippen LogP contribution in [-0.4, -0.2) is 23.0 Å². The second-order valence-electron chi connectivity index (χ2n) is 7.09. The fourth-order valence-electron chi connectivity index (χ4n) is 3.36. The van der Waals surface area contributed by atoms with E-state index in [1.54, 1.807) is 0 Å². The first-order valence-electron chi connectivity index (χ1n) is 9.56. The summed E-state index contributed by atoms with van der Waals surface area (Å²) in [4.78, 5) is 38.9. The molecule has 0 saturated carbocycles. The van der Waals surface area contributed by atoms with E-state index in [9.17, 15) is 19.5 Å². The molecule has 1 aliphatic heterocycles. The average molecular weight is 556 g/mol. The fraction of sp³-hybridized carbons (Fsp3) is 0.0417. The number of phenols is 1. The first-order valence-corrected chi connectivity index (χ1v) is 11.1. The van der Waals surface area contributed by atoms with Crippen molar-refractivity contribution in [1.82, 2.24) is 5.32 Å². The highest BCUT2D eigenvalue weighted by molar-refractivity contribution is 9.10. The molecule has 0 unspecified atom stereocenters. The number of nitrogens with zero attached hydrogens (tertiary/aromatic N) is 1. The number of carbonyl (C=O) groups excluding carboxylic acids is 3. The topological polar surface area (TPSA) is 86.7 Å². The molecule has 2 N–H and O–H groups in total. The average Bonchev–Trinajstić information content (AvgIpc) is 2.75. The molecule has 1 saturated heterocycles. The van der Waals surface area contributed by atoms with E-state index in [2.05, 4.69) is 37.2 Å². The second kappa shape index (κ2) is 9.10. The molecular formula is C24H16Br2N2O4. The fourth-order valence-corrected chi connectivity index (χ4v) is 4.16. The molecular weight excluding hydrogens is 540 g/mol. The molecule has 0 atom stereocenters. The number of carbonyl (C=O) groups is 3. The number of rotatable bonds is 4. The van der Waals surface area contributed by atoms with Gasteiger partial charge < -0.3 is 5.11 Å². The maximum absolute atomic E-state index is 13.1. The number of benzene rings is 3. The second-order valence-corrected chi connectivity index (χ2v) is 8.86. The molecule has 8 heteroatoms. The van der Waals surface area contributed by atoms with Crippen molar-refractivity contribution in [3.8, 4) is 5.75 Å². The summed E-state index contributed by atoms with van der Waals surface area (Å²) < 4.78 is 1.74. The Morgan fingerprint density at radius 1 is 0.906 bits per heavy atom. The van der Waals surface area contributed by atoms with E-state index in [0.717, 1.165) is 25.0 Å². The number of amides is 4. The maximum atomic E-state index is 13.1. The van der Waals surface area contributed by atoms with Crippen LogP contribution < -0.4 is 10.2 Å². The van der Waals surface area contributed by atoms with E-state index in [0.29, 0.717) is 12.0 Å². The van der Waals surface area contributed by atoms with E-state index in [4.69, 9.17) is 0 Å². The third kappa shape index (κ3) is 4.51. The highest BCUT2D eigenvalue weighted by Crippen LogP contribution is 2.28. The van der Waals surface area contributed by atoms with Gasteiger partial charge in [-0.3, -0.25) is 14.9 Å². The Labute approximate surface area is 200 Å². The van der Waals surface area contributed by atoms with Gasteiger partial charge in [0.25, 0.3) is 11.8 Å². The number of nitrogens with one attached hydrogen (secondary N) is 1. The molecule has 1 aliphatic rings. The zero-order valence-corrected chi connectivity index (χ0v) is 19.7. The molecule has 3 aromatic rings.